The van der Waals surface area contributed by atoms with Crippen molar-refractivity contribution in [2.45, 2.75) is 31.3 Å². The highest BCUT2D eigenvalue weighted by Crippen LogP contribution is 2.14. The third kappa shape index (κ3) is 2.12. The Labute approximate surface area is 89.2 Å². The van der Waals surface area contributed by atoms with Crippen LogP contribution >= 0.6 is 0 Å². The third-order valence-corrected chi connectivity index (χ3v) is 3.17. The first-order chi connectivity index (χ1) is 7.20. The smallest absolute Gasteiger partial charge is 0.239 e. The molecule has 2 atom stereocenters. The molecule has 5 heteroatoms. The Morgan fingerprint density at radius 3 is 2.80 bits per heavy atom. The minimum Gasteiger partial charge on any atom is -0.352 e. The number of hydrogen-bond donors (Lipinski definition) is 2. The molecule has 0 aliphatic carbocycles. The van der Waals surface area contributed by atoms with E-state index in [1.54, 1.807) is 0 Å². The van der Waals surface area contributed by atoms with Crippen molar-refractivity contribution in [2.75, 3.05) is 20.1 Å². The van der Waals surface area contributed by atoms with Crippen LogP contribution in [0.1, 0.15) is 19.3 Å². The third-order valence-electron chi connectivity index (χ3n) is 3.17. The number of nitrogens with one attached hydrogen (secondary N) is 2. The molecule has 0 saturated carbocycles. The summed E-state index contributed by atoms with van der Waals surface area (Å²) >= 11 is 0. The topological polar surface area (TPSA) is 61.4 Å². The maximum Gasteiger partial charge on any atom is 0.239 e. The van der Waals surface area contributed by atoms with Gasteiger partial charge in [-0.3, -0.25) is 9.59 Å². The minimum atomic E-state index is -0.0258. The summed E-state index contributed by atoms with van der Waals surface area (Å²) in [6.07, 6.45) is 2.32. The van der Waals surface area contributed by atoms with Gasteiger partial charge in [-0.05, 0) is 19.9 Å². The zero-order valence-electron chi connectivity index (χ0n) is 8.95. The molecule has 2 aliphatic rings. The highest BCUT2D eigenvalue weighted by molar-refractivity contribution is 5.84. The first-order valence-corrected chi connectivity index (χ1v) is 5.46. The predicted octanol–water partition coefficient (Wildman–Crippen LogP) is -0.915. The molecule has 2 saturated heterocycles. The van der Waals surface area contributed by atoms with Gasteiger partial charge in [-0.25, -0.2) is 0 Å². The number of carbonyl (C=O) groups is 2. The lowest BCUT2D eigenvalue weighted by Gasteiger charge is -2.20. The normalized spacial score (nSPS) is 31.1. The second-order valence-corrected chi connectivity index (χ2v) is 4.22. The van der Waals surface area contributed by atoms with E-state index in [-0.39, 0.29) is 23.9 Å². The Kier molecular flexibility index (Phi) is 2.90. The molecular formula is C10H17N3O2. The fourth-order valence-corrected chi connectivity index (χ4v) is 2.27. The van der Waals surface area contributed by atoms with Crippen LogP contribution in [0.25, 0.3) is 0 Å². The van der Waals surface area contributed by atoms with Gasteiger partial charge in [0.1, 0.15) is 0 Å². The fourth-order valence-electron chi connectivity index (χ4n) is 2.27. The first-order valence-electron chi connectivity index (χ1n) is 5.46. The lowest BCUT2D eigenvalue weighted by molar-refractivity contribution is -0.130. The van der Waals surface area contributed by atoms with Crippen LogP contribution in [0.5, 0.6) is 0 Å². The number of rotatable bonds is 3. The maximum absolute atomic E-state index is 11.8. The molecule has 0 aromatic rings. The van der Waals surface area contributed by atoms with Crippen molar-refractivity contribution in [2.24, 2.45) is 0 Å². The zero-order valence-corrected chi connectivity index (χ0v) is 8.95. The van der Waals surface area contributed by atoms with Gasteiger partial charge < -0.3 is 15.5 Å². The molecule has 2 N–H and O–H groups in total. The summed E-state index contributed by atoms with van der Waals surface area (Å²) in [6.45, 7) is 1.47. The van der Waals surface area contributed by atoms with Crippen molar-refractivity contribution in [3.8, 4) is 0 Å². The van der Waals surface area contributed by atoms with Gasteiger partial charge in [-0.15, -0.1) is 0 Å². The van der Waals surface area contributed by atoms with E-state index in [2.05, 4.69) is 10.6 Å². The predicted molar refractivity (Wildman–Crippen MR) is 55.2 cm³/mol. The van der Waals surface area contributed by atoms with Crippen molar-refractivity contribution in [1.29, 1.82) is 0 Å². The summed E-state index contributed by atoms with van der Waals surface area (Å²) < 4.78 is 0. The highest BCUT2D eigenvalue weighted by atomic mass is 16.2. The summed E-state index contributed by atoms with van der Waals surface area (Å²) in [4.78, 5) is 24.6. The van der Waals surface area contributed by atoms with Gasteiger partial charge in [0.05, 0.1) is 6.04 Å². The van der Waals surface area contributed by atoms with E-state index in [1.165, 1.54) is 0 Å². The number of amides is 2. The van der Waals surface area contributed by atoms with Crippen molar-refractivity contribution in [3.63, 3.8) is 0 Å². The molecule has 2 heterocycles. The minimum absolute atomic E-state index is 0.0258. The summed E-state index contributed by atoms with van der Waals surface area (Å²) in [5.74, 6) is 0.274. The van der Waals surface area contributed by atoms with Gasteiger partial charge >= 0.3 is 0 Å². The molecule has 0 aromatic carbocycles. The van der Waals surface area contributed by atoms with Crippen molar-refractivity contribution in [1.82, 2.24) is 15.5 Å². The van der Waals surface area contributed by atoms with Crippen molar-refractivity contribution < 1.29 is 9.59 Å². The molecule has 84 valence electrons. The van der Waals surface area contributed by atoms with Crippen LogP contribution in [0.4, 0.5) is 0 Å². The van der Waals surface area contributed by atoms with E-state index >= 15 is 0 Å². The van der Waals surface area contributed by atoms with Gasteiger partial charge in [0, 0.05) is 25.6 Å². The van der Waals surface area contributed by atoms with E-state index in [0.717, 1.165) is 19.4 Å². The first kappa shape index (κ1) is 10.4. The van der Waals surface area contributed by atoms with Gasteiger partial charge in [0.15, 0.2) is 0 Å². The number of nitrogens with zero attached hydrogens (tertiary/aromatic N) is 1. The number of hydrogen-bond acceptors (Lipinski definition) is 3. The molecule has 0 spiro atoms. The molecule has 2 unspecified atom stereocenters. The van der Waals surface area contributed by atoms with Crippen LogP contribution < -0.4 is 10.6 Å². The summed E-state index contributed by atoms with van der Waals surface area (Å²) in [5.41, 5.74) is 0. The molecular weight excluding hydrogens is 194 g/mol. The number of carbonyl (C=O) groups excluding carboxylic acids is 2. The van der Waals surface area contributed by atoms with Crippen LogP contribution in [0, 0.1) is 0 Å². The molecule has 5 nitrogen and oxygen atoms in total. The molecule has 0 aromatic heterocycles. The van der Waals surface area contributed by atoms with Crippen LogP contribution in [-0.4, -0.2) is 48.9 Å². The average Bonchev–Trinajstić information content (AvgIpc) is 2.76. The largest absolute Gasteiger partial charge is 0.352 e. The second kappa shape index (κ2) is 4.18. The van der Waals surface area contributed by atoms with E-state index in [9.17, 15) is 9.59 Å². The molecule has 2 aliphatic heterocycles. The van der Waals surface area contributed by atoms with E-state index in [1.807, 2.05) is 11.9 Å². The van der Waals surface area contributed by atoms with Crippen LogP contribution in [0.3, 0.4) is 0 Å². The van der Waals surface area contributed by atoms with Crippen LogP contribution in [0.2, 0.25) is 0 Å². The van der Waals surface area contributed by atoms with Crippen LogP contribution in [0.15, 0.2) is 0 Å². The van der Waals surface area contributed by atoms with Crippen molar-refractivity contribution >= 4 is 11.8 Å². The van der Waals surface area contributed by atoms with Crippen molar-refractivity contribution in [3.05, 3.63) is 0 Å². The van der Waals surface area contributed by atoms with Gasteiger partial charge in [-0.1, -0.05) is 0 Å². The average molecular weight is 211 g/mol. The maximum atomic E-state index is 11.8. The van der Waals surface area contributed by atoms with E-state index < -0.39 is 0 Å². The molecule has 2 rings (SSSR count). The second-order valence-electron chi connectivity index (χ2n) is 4.22. The summed E-state index contributed by atoms with van der Waals surface area (Å²) in [6, 6.07) is 0.138. The Hall–Kier alpha value is -1.10. The molecule has 15 heavy (non-hydrogen) atoms. The molecule has 2 fully saturated rings. The van der Waals surface area contributed by atoms with Gasteiger partial charge in [0.25, 0.3) is 0 Å². The monoisotopic (exact) mass is 211 g/mol. The fraction of sp³-hybridized carbons (Fsp3) is 0.800. The molecule has 0 bridgehead atoms. The van der Waals surface area contributed by atoms with Gasteiger partial charge in [0.2, 0.25) is 11.8 Å². The summed E-state index contributed by atoms with van der Waals surface area (Å²) in [5, 5.41) is 5.88. The Balaban J connectivity index is 1.85. The Bertz CT molecular complexity index is 280. The lowest BCUT2D eigenvalue weighted by Crippen LogP contribution is -2.42. The van der Waals surface area contributed by atoms with E-state index in [4.69, 9.17) is 0 Å². The SMILES string of the molecule is CNC1CCN(CC2CCC(=O)N2)C1=O. The lowest BCUT2D eigenvalue weighted by atomic mass is 10.2. The molecule has 2 amide bonds. The standard InChI is InChI=1S/C10H17N3O2/c1-11-8-4-5-13(10(8)15)6-7-2-3-9(14)12-7/h7-8,11H,2-6H2,1H3,(H,12,14). The number of likely N-dealkylation sites (tertiary alicyclic amines) is 1. The van der Waals surface area contributed by atoms with Gasteiger partial charge in [-0.2, -0.15) is 0 Å². The summed E-state index contributed by atoms with van der Waals surface area (Å²) in [7, 11) is 1.81. The Morgan fingerprint density at radius 1 is 1.47 bits per heavy atom. The quantitative estimate of drug-likeness (QED) is 0.635. The molecule has 0 radical (unpaired) electrons. The van der Waals surface area contributed by atoms with E-state index in [0.29, 0.717) is 13.0 Å². The Morgan fingerprint density at radius 2 is 2.27 bits per heavy atom. The zero-order chi connectivity index (χ0) is 10.8. The van der Waals surface area contributed by atoms with Crippen LogP contribution in [-0.2, 0) is 9.59 Å². The number of likely N-dealkylation sites (N-methyl/N-ethyl adjacent to an activating group) is 1. The highest BCUT2D eigenvalue weighted by Gasteiger charge is 2.33.